The second-order valence-electron chi connectivity index (χ2n) is 5.28. The molecule has 0 spiro atoms. The predicted octanol–water partition coefficient (Wildman–Crippen LogP) is 3.55. The Labute approximate surface area is 133 Å². The molecule has 110 valence electrons. The van der Waals surface area contributed by atoms with Crippen molar-refractivity contribution in [3.63, 3.8) is 0 Å². The van der Waals surface area contributed by atoms with Crippen molar-refractivity contribution in [1.82, 2.24) is 4.98 Å². The fraction of sp³-hybridized carbons (Fsp3) is 0. The van der Waals surface area contributed by atoms with Crippen LogP contribution in [-0.4, -0.2) is 16.8 Å². The molecular formula is C19H12N2O2. The van der Waals surface area contributed by atoms with Crippen molar-refractivity contribution in [1.29, 1.82) is 0 Å². The molecule has 0 atom stereocenters. The van der Waals surface area contributed by atoms with Gasteiger partial charge in [-0.15, -0.1) is 0 Å². The van der Waals surface area contributed by atoms with E-state index in [0.717, 1.165) is 11.1 Å². The minimum Gasteiger partial charge on any atom is -0.268 e. The number of aromatic nitrogens is 1. The van der Waals surface area contributed by atoms with Gasteiger partial charge in [-0.1, -0.05) is 24.3 Å². The molecule has 1 aromatic heterocycles. The van der Waals surface area contributed by atoms with Gasteiger partial charge in [0.1, 0.15) is 0 Å². The van der Waals surface area contributed by atoms with Crippen LogP contribution in [0.2, 0.25) is 0 Å². The van der Waals surface area contributed by atoms with Gasteiger partial charge < -0.3 is 0 Å². The van der Waals surface area contributed by atoms with E-state index in [2.05, 4.69) is 4.98 Å². The van der Waals surface area contributed by atoms with Gasteiger partial charge in [-0.25, -0.2) is 4.90 Å². The summed E-state index contributed by atoms with van der Waals surface area (Å²) in [5, 5.41) is 0. The van der Waals surface area contributed by atoms with Crippen LogP contribution in [-0.2, 0) is 0 Å². The van der Waals surface area contributed by atoms with E-state index in [1.165, 1.54) is 4.90 Å². The van der Waals surface area contributed by atoms with Crippen LogP contribution >= 0.6 is 0 Å². The molecule has 4 nitrogen and oxygen atoms in total. The highest BCUT2D eigenvalue weighted by Gasteiger charge is 2.36. The highest BCUT2D eigenvalue weighted by atomic mass is 16.2. The first-order chi connectivity index (χ1) is 11.3. The van der Waals surface area contributed by atoms with E-state index in [4.69, 9.17) is 0 Å². The summed E-state index contributed by atoms with van der Waals surface area (Å²) in [5.74, 6) is -0.560. The molecule has 1 aliphatic heterocycles. The molecule has 0 N–H and O–H groups in total. The van der Waals surface area contributed by atoms with Crippen LogP contribution in [0.3, 0.4) is 0 Å². The fourth-order valence-electron chi connectivity index (χ4n) is 2.79. The Morgan fingerprint density at radius 1 is 0.696 bits per heavy atom. The molecule has 2 amide bonds. The Morgan fingerprint density at radius 2 is 1.35 bits per heavy atom. The van der Waals surface area contributed by atoms with Gasteiger partial charge in [0.15, 0.2) is 0 Å². The average Bonchev–Trinajstić information content (AvgIpc) is 2.87. The number of benzene rings is 2. The van der Waals surface area contributed by atoms with E-state index in [0.29, 0.717) is 16.8 Å². The molecule has 0 saturated carbocycles. The quantitative estimate of drug-likeness (QED) is 0.680. The lowest BCUT2D eigenvalue weighted by atomic mass is 10.1. The largest absolute Gasteiger partial charge is 0.268 e. The Balaban J connectivity index is 1.78. The van der Waals surface area contributed by atoms with Gasteiger partial charge in [0.2, 0.25) is 0 Å². The molecule has 23 heavy (non-hydrogen) atoms. The van der Waals surface area contributed by atoms with Crippen LogP contribution in [0.1, 0.15) is 20.7 Å². The molecule has 1 aliphatic rings. The summed E-state index contributed by atoms with van der Waals surface area (Å²) < 4.78 is 0. The number of fused-ring (bicyclic) bond motifs is 1. The first kappa shape index (κ1) is 13.4. The lowest BCUT2D eigenvalue weighted by Crippen LogP contribution is -2.29. The third-order valence-corrected chi connectivity index (χ3v) is 3.91. The van der Waals surface area contributed by atoms with Gasteiger partial charge in [0.05, 0.1) is 16.8 Å². The van der Waals surface area contributed by atoms with Gasteiger partial charge in [-0.05, 0) is 47.5 Å². The second kappa shape index (κ2) is 5.18. The number of pyridine rings is 1. The zero-order valence-electron chi connectivity index (χ0n) is 12.1. The maximum Gasteiger partial charge on any atom is 0.266 e. The molecule has 0 fully saturated rings. The highest BCUT2D eigenvalue weighted by Crippen LogP contribution is 2.30. The normalized spacial score (nSPS) is 13.3. The van der Waals surface area contributed by atoms with E-state index >= 15 is 0 Å². The summed E-state index contributed by atoms with van der Waals surface area (Å²) in [7, 11) is 0. The fourth-order valence-corrected chi connectivity index (χ4v) is 2.79. The molecule has 0 unspecified atom stereocenters. The number of imide groups is 1. The van der Waals surface area contributed by atoms with Crippen molar-refractivity contribution in [3.8, 4) is 11.1 Å². The number of hydrogen-bond donors (Lipinski definition) is 0. The van der Waals surface area contributed by atoms with E-state index in [-0.39, 0.29) is 11.8 Å². The zero-order chi connectivity index (χ0) is 15.8. The van der Waals surface area contributed by atoms with E-state index in [1.807, 2.05) is 30.3 Å². The molecule has 2 heterocycles. The van der Waals surface area contributed by atoms with Crippen LogP contribution < -0.4 is 4.90 Å². The molecule has 2 aromatic carbocycles. The number of carbonyl (C=O) groups is 2. The van der Waals surface area contributed by atoms with Crippen LogP contribution in [0.15, 0.2) is 73.1 Å². The minimum atomic E-state index is -0.280. The van der Waals surface area contributed by atoms with Crippen molar-refractivity contribution in [2.24, 2.45) is 0 Å². The monoisotopic (exact) mass is 300 g/mol. The maximum atomic E-state index is 12.6. The molecule has 0 saturated heterocycles. The third kappa shape index (κ3) is 2.12. The third-order valence-electron chi connectivity index (χ3n) is 3.91. The lowest BCUT2D eigenvalue weighted by Gasteiger charge is -2.15. The number of hydrogen-bond acceptors (Lipinski definition) is 3. The maximum absolute atomic E-state index is 12.6. The smallest absolute Gasteiger partial charge is 0.266 e. The number of anilines is 1. The van der Waals surface area contributed by atoms with Crippen molar-refractivity contribution < 1.29 is 9.59 Å². The first-order valence-corrected chi connectivity index (χ1v) is 7.24. The Morgan fingerprint density at radius 3 is 2.00 bits per heavy atom. The minimum absolute atomic E-state index is 0.280. The summed E-state index contributed by atoms with van der Waals surface area (Å²) in [5.41, 5.74) is 3.39. The SMILES string of the molecule is O=C1c2ccccc2C(=O)N1c1cccc(-c2ccncc2)c1. The van der Waals surface area contributed by atoms with Crippen LogP contribution in [0.5, 0.6) is 0 Å². The molecule has 0 aliphatic carbocycles. The topological polar surface area (TPSA) is 50.3 Å². The van der Waals surface area contributed by atoms with Gasteiger partial charge >= 0.3 is 0 Å². The Hall–Kier alpha value is -3.27. The van der Waals surface area contributed by atoms with Gasteiger partial charge in [-0.3, -0.25) is 14.6 Å². The van der Waals surface area contributed by atoms with Crippen molar-refractivity contribution in [3.05, 3.63) is 84.2 Å². The molecule has 4 rings (SSSR count). The van der Waals surface area contributed by atoms with Crippen LogP contribution in [0, 0.1) is 0 Å². The molecule has 0 radical (unpaired) electrons. The van der Waals surface area contributed by atoms with E-state index < -0.39 is 0 Å². The number of rotatable bonds is 2. The number of amides is 2. The standard InChI is InChI=1S/C19H12N2O2/c22-18-16-6-1-2-7-17(16)19(23)21(18)15-5-3-4-14(12-15)13-8-10-20-11-9-13/h1-12H. The Bertz CT molecular complexity index is 884. The average molecular weight is 300 g/mol. The summed E-state index contributed by atoms with van der Waals surface area (Å²) in [4.78, 5) is 30.3. The first-order valence-electron chi connectivity index (χ1n) is 7.24. The second-order valence-corrected chi connectivity index (χ2v) is 5.28. The van der Waals surface area contributed by atoms with E-state index in [9.17, 15) is 9.59 Å². The van der Waals surface area contributed by atoms with Gasteiger partial charge in [-0.2, -0.15) is 0 Å². The molecule has 3 aromatic rings. The van der Waals surface area contributed by atoms with Gasteiger partial charge in [0.25, 0.3) is 11.8 Å². The summed E-state index contributed by atoms with van der Waals surface area (Å²) in [6.07, 6.45) is 3.42. The molecule has 4 heteroatoms. The summed E-state index contributed by atoms with van der Waals surface area (Å²) in [6.45, 7) is 0. The van der Waals surface area contributed by atoms with Gasteiger partial charge in [0, 0.05) is 12.4 Å². The number of nitrogens with zero attached hydrogens (tertiary/aromatic N) is 2. The van der Waals surface area contributed by atoms with Crippen LogP contribution in [0.4, 0.5) is 5.69 Å². The number of carbonyl (C=O) groups excluding carboxylic acids is 2. The summed E-state index contributed by atoms with van der Waals surface area (Å²) >= 11 is 0. The van der Waals surface area contributed by atoms with Crippen molar-refractivity contribution in [2.75, 3.05) is 4.90 Å². The molecule has 0 bridgehead atoms. The van der Waals surface area contributed by atoms with E-state index in [1.54, 1.807) is 42.7 Å². The predicted molar refractivity (Wildman–Crippen MR) is 87.3 cm³/mol. The van der Waals surface area contributed by atoms with Crippen LogP contribution in [0.25, 0.3) is 11.1 Å². The lowest BCUT2D eigenvalue weighted by molar-refractivity contribution is 0.0926. The molecular weight excluding hydrogens is 288 g/mol. The zero-order valence-corrected chi connectivity index (χ0v) is 12.1. The highest BCUT2D eigenvalue weighted by molar-refractivity contribution is 6.34. The Kier molecular flexibility index (Phi) is 3.01. The van der Waals surface area contributed by atoms with Crippen molar-refractivity contribution >= 4 is 17.5 Å². The van der Waals surface area contributed by atoms with Crippen molar-refractivity contribution in [2.45, 2.75) is 0 Å². The summed E-state index contributed by atoms with van der Waals surface area (Å²) in [6, 6.07) is 18.1.